The van der Waals surface area contributed by atoms with Crippen molar-refractivity contribution in [2.24, 2.45) is 0 Å². The number of benzene rings is 2. The number of carbonyl (C=O) groups excluding carboxylic acids is 3. The first-order valence-corrected chi connectivity index (χ1v) is 9.22. The minimum atomic E-state index is -0.626. The number of rotatable bonds is 7. The Balaban J connectivity index is 1.41. The van der Waals surface area contributed by atoms with Crippen LogP contribution in [0.5, 0.6) is 5.75 Å². The molecule has 154 valence electrons. The van der Waals surface area contributed by atoms with Crippen molar-refractivity contribution < 1.29 is 23.5 Å². The molecule has 0 fully saturated rings. The van der Waals surface area contributed by atoms with Gasteiger partial charge < -0.3 is 14.5 Å². The number of hydrogen-bond acceptors (Lipinski definition) is 5. The summed E-state index contributed by atoms with van der Waals surface area (Å²) >= 11 is 0. The number of amides is 3. The summed E-state index contributed by atoms with van der Waals surface area (Å²) in [5.41, 5.74) is 5.84. The van der Waals surface area contributed by atoms with Gasteiger partial charge in [-0.15, -0.1) is 0 Å². The summed E-state index contributed by atoms with van der Waals surface area (Å²) in [6.45, 7) is 1.74. The Bertz CT molecular complexity index is 1030. The maximum Gasteiger partial charge on any atom is 0.305 e. The lowest BCUT2D eigenvalue weighted by Crippen LogP contribution is -2.46. The second-order valence-corrected chi connectivity index (χ2v) is 6.42. The molecular weight excluding hydrogens is 386 g/mol. The van der Waals surface area contributed by atoms with Crippen molar-refractivity contribution in [1.82, 2.24) is 16.2 Å². The minimum absolute atomic E-state index is 0.0192. The Kier molecular flexibility index (Phi) is 6.83. The number of hydrazine groups is 1. The number of aryl methyl sites for hydroxylation is 1. The van der Waals surface area contributed by atoms with Crippen LogP contribution in [0.2, 0.25) is 0 Å². The summed E-state index contributed by atoms with van der Waals surface area (Å²) in [4.78, 5) is 36.0. The molecule has 3 N–H and O–H groups in total. The highest BCUT2D eigenvalue weighted by molar-refractivity contribution is 5.97. The van der Waals surface area contributed by atoms with E-state index < -0.39 is 11.8 Å². The average Bonchev–Trinajstić information content (AvgIpc) is 3.24. The Labute approximate surface area is 173 Å². The number of carbonyl (C=O) groups is 3. The van der Waals surface area contributed by atoms with Crippen LogP contribution < -0.4 is 20.9 Å². The quantitative estimate of drug-likeness (QED) is 0.521. The Morgan fingerprint density at radius 2 is 1.70 bits per heavy atom. The van der Waals surface area contributed by atoms with Gasteiger partial charge in [-0.25, -0.2) is 0 Å². The van der Waals surface area contributed by atoms with Gasteiger partial charge >= 0.3 is 5.91 Å². The second kappa shape index (κ2) is 9.92. The summed E-state index contributed by atoms with van der Waals surface area (Å²) in [5, 5.41) is 2.48. The predicted molar refractivity (Wildman–Crippen MR) is 109 cm³/mol. The molecule has 3 aromatic rings. The van der Waals surface area contributed by atoms with E-state index in [1.807, 2.05) is 43.3 Å². The van der Waals surface area contributed by atoms with E-state index in [2.05, 4.69) is 16.2 Å². The first-order valence-electron chi connectivity index (χ1n) is 9.22. The molecule has 8 heteroatoms. The maximum atomic E-state index is 12.1. The zero-order chi connectivity index (χ0) is 21.3. The van der Waals surface area contributed by atoms with Gasteiger partial charge in [-0.2, -0.15) is 0 Å². The highest BCUT2D eigenvalue weighted by atomic mass is 16.5. The van der Waals surface area contributed by atoms with Crippen molar-refractivity contribution in [2.75, 3.05) is 6.54 Å². The zero-order valence-corrected chi connectivity index (χ0v) is 16.3. The SMILES string of the molecule is Cc1cccc(C(=O)NCC(=O)NNC(=O)c2ccc(COc3ccccc3)o2)c1. The summed E-state index contributed by atoms with van der Waals surface area (Å²) in [6, 6.07) is 19.3. The first-order chi connectivity index (χ1) is 14.5. The van der Waals surface area contributed by atoms with E-state index in [1.165, 1.54) is 6.07 Å². The van der Waals surface area contributed by atoms with Crippen LogP contribution in [0.3, 0.4) is 0 Å². The van der Waals surface area contributed by atoms with Gasteiger partial charge in [0.15, 0.2) is 5.76 Å². The summed E-state index contributed by atoms with van der Waals surface area (Å²) in [6.07, 6.45) is 0. The van der Waals surface area contributed by atoms with Crippen LogP contribution in [-0.2, 0) is 11.4 Å². The number of para-hydroxylation sites is 1. The molecule has 0 spiro atoms. The highest BCUT2D eigenvalue weighted by Crippen LogP contribution is 2.13. The van der Waals surface area contributed by atoms with Crippen LogP contribution in [0.15, 0.2) is 71.1 Å². The third-order valence-corrected chi connectivity index (χ3v) is 4.01. The molecule has 0 saturated heterocycles. The van der Waals surface area contributed by atoms with Crippen molar-refractivity contribution >= 4 is 17.7 Å². The lowest BCUT2D eigenvalue weighted by Gasteiger charge is -2.08. The third-order valence-electron chi connectivity index (χ3n) is 4.01. The normalized spacial score (nSPS) is 10.2. The van der Waals surface area contributed by atoms with Gasteiger partial charge in [-0.05, 0) is 43.3 Å². The molecule has 1 heterocycles. The van der Waals surface area contributed by atoms with Crippen LogP contribution in [0.4, 0.5) is 0 Å². The van der Waals surface area contributed by atoms with Crippen molar-refractivity contribution in [3.8, 4) is 5.75 Å². The van der Waals surface area contributed by atoms with E-state index in [0.29, 0.717) is 17.1 Å². The molecule has 0 unspecified atom stereocenters. The Hall–Kier alpha value is -4.07. The summed E-state index contributed by atoms with van der Waals surface area (Å²) < 4.78 is 11.0. The number of ether oxygens (including phenoxy) is 1. The first kappa shape index (κ1) is 20.7. The number of nitrogens with one attached hydrogen (secondary N) is 3. The van der Waals surface area contributed by atoms with Gasteiger partial charge in [0, 0.05) is 5.56 Å². The fraction of sp³-hybridized carbons (Fsp3) is 0.136. The highest BCUT2D eigenvalue weighted by Gasteiger charge is 2.13. The molecule has 0 aliphatic rings. The van der Waals surface area contributed by atoms with E-state index >= 15 is 0 Å². The number of furan rings is 1. The second-order valence-electron chi connectivity index (χ2n) is 6.42. The van der Waals surface area contributed by atoms with Gasteiger partial charge in [0.2, 0.25) is 0 Å². The standard InChI is InChI=1S/C22H21N3O5/c1-15-6-5-7-16(12-15)21(27)23-13-20(26)24-25-22(28)19-11-10-18(30-19)14-29-17-8-3-2-4-9-17/h2-12H,13-14H2,1H3,(H,23,27)(H,24,26)(H,25,28). The van der Waals surface area contributed by atoms with E-state index in [4.69, 9.17) is 9.15 Å². The maximum absolute atomic E-state index is 12.1. The molecule has 0 aliphatic carbocycles. The molecular formula is C22H21N3O5. The van der Waals surface area contributed by atoms with Crippen molar-refractivity contribution in [3.05, 3.63) is 89.4 Å². The zero-order valence-electron chi connectivity index (χ0n) is 16.3. The molecule has 3 rings (SSSR count). The lowest BCUT2D eigenvalue weighted by molar-refractivity contribution is -0.120. The monoisotopic (exact) mass is 407 g/mol. The minimum Gasteiger partial charge on any atom is -0.486 e. The lowest BCUT2D eigenvalue weighted by atomic mass is 10.1. The van der Waals surface area contributed by atoms with Gasteiger partial charge in [-0.1, -0.05) is 35.9 Å². The molecule has 0 bridgehead atoms. The fourth-order valence-corrected chi connectivity index (χ4v) is 2.53. The fourth-order valence-electron chi connectivity index (χ4n) is 2.53. The van der Waals surface area contributed by atoms with E-state index in [0.717, 1.165) is 5.56 Å². The smallest absolute Gasteiger partial charge is 0.305 e. The van der Waals surface area contributed by atoms with Crippen LogP contribution >= 0.6 is 0 Å². The molecule has 3 amide bonds. The van der Waals surface area contributed by atoms with Crippen LogP contribution in [0.1, 0.15) is 32.2 Å². The molecule has 1 aromatic heterocycles. The Morgan fingerprint density at radius 3 is 2.47 bits per heavy atom. The van der Waals surface area contributed by atoms with Gasteiger partial charge in [-0.3, -0.25) is 25.2 Å². The van der Waals surface area contributed by atoms with E-state index in [1.54, 1.807) is 24.3 Å². The molecule has 0 saturated carbocycles. The molecule has 0 atom stereocenters. The van der Waals surface area contributed by atoms with Crippen LogP contribution in [0, 0.1) is 6.92 Å². The third kappa shape index (κ3) is 5.96. The van der Waals surface area contributed by atoms with Gasteiger partial charge in [0.25, 0.3) is 11.8 Å². The van der Waals surface area contributed by atoms with E-state index in [9.17, 15) is 14.4 Å². The van der Waals surface area contributed by atoms with Crippen molar-refractivity contribution in [1.29, 1.82) is 0 Å². The van der Waals surface area contributed by atoms with Crippen LogP contribution in [-0.4, -0.2) is 24.3 Å². The number of hydrogen-bond donors (Lipinski definition) is 3. The summed E-state index contributed by atoms with van der Waals surface area (Å²) in [5.74, 6) is -0.427. The average molecular weight is 407 g/mol. The topological polar surface area (TPSA) is 110 Å². The molecule has 0 radical (unpaired) electrons. The summed E-state index contributed by atoms with van der Waals surface area (Å²) in [7, 11) is 0. The van der Waals surface area contributed by atoms with Gasteiger partial charge in [0.05, 0.1) is 6.54 Å². The van der Waals surface area contributed by atoms with Crippen molar-refractivity contribution in [2.45, 2.75) is 13.5 Å². The molecule has 30 heavy (non-hydrogen) atoms. The van der Waals surface area contributed by atoms with Gasteiger partial charge in [0.1, 0.15) is 18.1 Å². The van der Waals surface area contributed by atoms with Crippen LogP contribution in [0.25, 0.3) is 0 Å². The predicted octanol–water partition coefficient (Wildman–Crippen LogP) is 2.36. The molecule has 8 nitrogen and oxygen atoms in total. The molecule has 0 aliphatic heterocycles. The van der Waals surface area contributed by atoms with E-state index in [-0.39, 0.29) is 24.8 Å². The Morgan fingerprint density at radius 1 is 0.900 bits per heavy atom. The largest absolute Gasteiger partial charge is 0.486 e. The van der Waals surface area contributed by atoms with Crippen molar-refractivity contribution in [3.63, 3.8) is 0 Å². The molecule has 2 aromatic carbocycles.